The number of methoxy groups -OCH3 is 1. The number of carbonyl (C=O) groups is 3. The molecule has 1 N–H and O–H groups in total. The third-order valence-corrected chi connectivity index (χ3v) is 4.83. The van der Waals surface area contributed by atoms with E-state index >= 15 is 0 Å². The van der Waals surface area contributed by atoms with E-state index in [9.17, 15) is 18.8 Å². The van der Waals surface area contributed by atoms with Crippen LogP contribution in [0, 0.1) is 17.7 Å². The summed E-state index contributed by atoms with van der Waals surface area (Å²) < 4.78 is 18.4. The first-order valence-corrected chi connectivity index (χ1v) is 7.24. The Balaban J connectivity index is 2.11. The van der Waals surface area contributed by atoms with Crippen LogP contribution in [0.5, 0.6) is 0 Å². The molecule has 6 nitrogen and oxygen atoms in total. The van der Waals surface area contributed by atoms with E-state index in [1.165, 1.54) is 32.4 Å². The Bertz CT molecular complexity index is 707. The summed E-state index contributed by atoms with van der Waals surface area (Å²) in [6.45, 7) is 1.54. The van der Waals surface area contributed by atoms with Gasteiger partial charge >= 0.3 is 5.97 Å². The van der Waals surface area contributed by atoms with Crippen molar-refractivity contribution in [2.24, 2.45) is 11.8 Å². The summed E-state index contributed by atoms with van der Waals surface area (Å²) in [6, 6.07) is 5.15. The van der Waals surface area contributed by atoms with Gasteiger partial charge in [0, 0.05) is 13.1 Å². The summed E-state index contributed by atoms with van der Waals surface area (Å²) in [7, 11) is 2.62. The monoisotopic (exact) mass is 320 g/mol. The molecule has 2 aliphatic rings. The molecule has 7 heteroatoms. The van der Waals surface area contributed by atoms with Gasteiger partial charge in [-0.25, -0.2) is 4.39 Å². The molecule has 1 aromatic rings. The molecule has 3 rings (SSSR count). The quantitative estimate of drug-likeness (QED) is 0.639. The zero-order valence-corrected chi connectivity index (χ0v) is 13.0. The minimum Gasteiger partial charge on any atom is -0.468 e. The third kappa shape index (κ3) is 2.07. The standard InChI is InChI=1S/C16H17FN2O4/c1-16(15(22)23-3)11-10(13(20)19(2)14(11)21)12(18-16)8-5-4-6-9(17)7-8/h4-7,10-12,18H,1-3H3/t10-,11-,12+,16+/m0/s1. The number of amides is 2. The van der Waals surface area contributed by atoms with E-state index in [2.05, 4.69) is 5.32 Å². The van der Waals surface area contributed by atoms with Gasteiger partial charge in [0.2, 0.25) is 11.8 Å². The zero-order valence-electron chi connectivity index (χ0n) is 13.0. The number of hydrogen-bond acceptors (Lipinski definition) is 5. The summed E-state index contributed by atoms with van der Waals surface area (Å²) in [5.41, 5.74) is -0.822. The van der Waals surface area contributed by atoms with Crippen LogP contribution < -0.4 is 5.32 Å². The Kier molecular flexibility index (Phi) is 3.48. The summed E-state index contributed by atoms with van der Waals surface area (Å²) in [6.07, 6.45) is 0. The Hall–Kier alpha value is -2.28. The van der Waals surface area contributed by atoms with E-state index in [4.69, 9.17) is 4.74 Å². The molecule has 0 saturated carbocycles. The largest absolute Gasteiger partial charge is 0.468 e. The predicted molar refractivity (Wildman–Crippen MR) is 77.5 cm³/mol. The average Bonchev–Trinajstić information content (AvgIpc) is 2.97. The Morgan fingerprint density at radius 1 is 1.35 bits per heavy atom. The van der Waals surface area contributed by atoms with Crippen molar-refractivity contribution in [3.05, 3.63) is 35.6 Å². The molecular weight excluding hydrogens is 303 g/mol. The lowest BCUT2D eigenvalue weighted by molar-refractivity contribution is -0.152. The fourth-order valence-electron chi connectivity index (χ4n) is 3.67. The normalized spacial score (nSPS) is 33.0. The van der Waals surface area contributed by atoms with Gasteiger partial charge in [-0.1, -0.05) is 12.1 Å². The van der Waals surface area contributed by atoms with Crippen molar-refractivity contribution in [2.75, 3.05) is 14.2 Å². The maximum atomic E-state index is 13.6. The lowest BCUT2D eigenvalue weighted by atomic mass is 9.80. The second kappa shape index (κ2) is 5.13. The molecule has 2 fully saturated rings. The molecule has 2 heterocycles. The number of esters is 1. The highest BCUT2D eigenvalue weighted by Crippen LogP contribution is 2.48. The number of fused-ring (bicyclic) bond motifs is 1. The molecule has 23 heavy (non-hydrogen) atoms. The van der Waals surface area contributed by atoms with E-state index in [0.717, 1.165) is 4.90 Å². The fraction of sp³-hybridized carbons (Fsp3) is 0.438. The summed E-state index contributed by atoms with van der Waals surface area (Å²) in [5.74, 6) is -3.52. The number of nitrogens with zero attached hydrogens (tertiary/aromatic N) is 1. The van der Waals surface area contributed by atoms with Crippen LogP contribution in [0.25, 0.3) is 0 Å². The molecule has 0 aliphatic carbocycles. The maximum Gasteiger partial charge on any atom is 0.326 e. The first-order valence-electron chi connectivity index (χ1n) is 7.24. The van der Waals surface area contributed by atoms with Crippen molar-refractivity contribution in [2.45, 2.75) is 18.5 Å². The minimum atomic E-state index is -1.34. The molecule has 122 valence electrons. The highest BCUT2D eigenvalue weighted by atomic mass is 19.1. The lowest BCUT2D eigenvalue weighted by Gasteiger charge is -2.27. The van der Waals surface area contributed by atoms with Gasteiger partial charge in [0.1, 0.15) is 11.4 Å². The average molecular weight is 320 g/mol. The van der Waals surface area contributed by atoms with Crippen molar-refractivity contribution in [3.63, 3.8) is 0 Å². The van der Waals surface area contributed by atoms with E-state index in [-0.39, 0.29) is 5.91 Å². The zero-order chi connectivity index (χ0) is 16.9. The Morgan fingerprint density at radius 2 is 2.04 bits per heavy atom. The third-order valence-electron chi connectivity index (χ3n) is 4.83. The molecule has 4 atom stereocenters. The van der Waals surface area contributed by atoms with Crippen molar-refractivity contribution in [3.8, 4) is 0 Å². The lowest BCUT2D eigenvalue weighted by Crippen LogP contribution is -2.53. The number of benzene rings is 1. The number of ether oxygens (including phenoxy) is 1. The van der Waals surface area contributed by atoms with Gasteiger partial charge in [0.15, 0.2) is 0 Å². The molecule has 1 aromatic carbocycles. The van der Waals surface area contributed by atoms with Crippen LogP contribution in [-0.4, -0.2) is 42.4 Å². The molecule has 2 amide bonds. The topological polar surface area (TPSA) is 75.7 Å². The summed E-state index contributed by atoms with van der Waals surface area (Å²) >= 11 is 0. The van der Waals surface area contributed by atoms with Gasteiger partial charge in [0.05, 0.1) is 18.9 Å². The van der Waals surface area contributed by atoms with Crippen LogP contribution in [-0.2, 0) is 19.1 Å². The molecule has 2 aliphatic heterocycles. The van der Waals surface area contributed by atoms with Crippen LogP contribution in [0.1, 0.15) is 18.5 Å². The van der Waals surface area contributed by atoms with E-state index in [1.807, 2.05) is 0 Å². The van der Waals surface area contributed by atoms with Gasteiger partial charge in [0.25, 0.3) is 0 Å². The number of imide groups is 1. The van der Waals surface area contributed by atoms with Crippen molar-refractivity contribution < 1.29 is 23.5 Å². The van der Waals surface area contributed by atoms with E-state index < -0.39 is 41.1 Å². The van der Waals surface area contributed by atoms with Crippen LogP contribution >= 0.6 is 0 Å². The Morgan fingerprint density at radius 3 is 2.65 bits per heavy atom. The van der Waals surface area contributed by atoms with Gasteiger partial charge in [-0.15, -0.1) is 0 Å². The Labute approximate surface area is 132 Å². The number of rotatable bonds is 2. The minimum absolute atomic E-state index is 0.380. The van der Waals surface area contributed by atoms with Crippen molar-refractivity contribution in [1.82, 2.24) is 10.2 Å². The van der Waals surface area contributed by atoms with Crippen molar-refractivity contribution >= 4 is 17.8 Å². The van der Waals surface area contributed by atoms with Gasteiger partial charge in [-0.3, -0.25) is 24.6 Å². The first-order chi connectivity index (χ1) is 10.8. The molecular formula is C16H17FN2O4. The van der Waals surface area contributed by atoms with Crippen LogP contribution in [0.3, 0.4) is 0 Å². The fourth-order valence-corrected chi connectivity index (χ4v) is 3.67. The van der Waals surface area contributed by atoms with Gasteiger partial charge in [-0.05, 0) is 24.6 Å². The van der Waals surface area contributed by atoms with Crippen LogP contribution in [0.4, 0.5) is 4.39 Å². The van der Waals surface area contributed by atoms with Crippen LogP contribution in [0.2, 0.25) is 0 Å². The number of hydrogen-bond donors (Lipinski definition) is 1. The second-order valence-electron chi connectivity index (χ2n) is 6.11. The molecule has 0 radical (unpaired) electrons. The number of carbonyl (C=O) groups excluding carboxylic acids is 3. The van der Waals surface area contributed by atoms with Crippen molar-refractivity contribution in [1.29, 1.82) is 0 Å². The smallest absolute Gasteiger partial charge is 0.326 e. The molecule has 0 spiro atoms. The van der Waals surface area contributed by atoms with E-state index in [0.29, 0.717) is 5.56 Å². The molecule has 2 saturated heterocycles. The van der Waals surface area contributed by atoms with Crippen LogP contribution in [0.15, 0.2) is 24.3 Å². The summed E-state index contributed by atoms with van der Waals surface area (Å²) in [4.78, 5) is 38.2. The summed E-state index contributed by atoms with van der Waals surface area (Å²) in [5, 5.41) is 3.04. The highest BCUT2D eigenvalue weighted by molar-refractivity contribution is 6.09. The number of halogens is 1. The number of nitrogens with one attached hydrogen (secondary N) is 1. The first kappa shape index (κ1) is 15.6. The van der Waals surface area contributed by atoms with Gasteiger partial charge < -0.3 is 4.74 Å². The highest BCUT2D eigenvalue weighted by Gasteiger charge is 2.66. The SMILES string of the molecule is COC(=O)[C@]1(C)N[C@H](c2cccc(F)c2)[C@H]2C(=O)N(C)C(=O)[C@H]21. The second-order valence-corrected chi connectivity index (χ2v) is 6.11. The molecule has 0 unspecified atom stereocenters. The molecule has 0 bridgehead atoms. The van der Waals surface area contributed by atoms with E-state index in [1.54, 1.807) is 13.0 Å². The van der Waals surface area contributed by atoms with Gasteiger partial charge in [-0.2, -0.15) is 0 Å². The maximum absolute atomic E-state index is 13.6. The number of likely N-dealkylation sites (tertiary alicyclic amines) is 1. The molecule has 0 aromatic heterocycles. The predicted octanol–water partition coefficient (Wildman–Crippen LogP) is 0.633.